The first-order chi connectivity index (χ1) is 14.4. The third kappa shape index (κ3) is 3.86. The lowest BCUT2D eigenvalue weighted by atomic mass is 9.98. The molecule has 0 bridgehead atoms. The number of benzene rings is 2. The highest BCUT2D eigenvalue weighted by Gasteiger charge is 2.44. The first-order valence-electron chi connectivity index (χ1n) is 9.71. The molecule has 1 fully saturated rings. The molecule has 2 aromatic carbocycles. The number of nitrogens with zero attached hydrogens (tertiary/aromatic N) is 1. The van der Waals surface area contributed by atoms with E-state index in [2.05, 4.69) is 0 Å². The van der Waals surface area contributed by atoms with Crippen LogP contribution in [0, 0.1) is 0 Å². The van der Waals surface area contributed by atoms with Crippen molar-refractivity contribution >= 4 is 22.5 Å². The molecule has 0 spiro atoms. The van der Waals surface area contributed by atoms with E-state index in [0.717, 1.165) is 22.1 Å². The van der Waals surface area contributed by atoms with Gasteiger partial charge >= 0.3 is 0 Å². The maximum atomic E-state index is 10.6. The molecule has 1 aromatic heterocycles. The SMILES string of the molecule is OCc1ccc(Cc2cn([C@@H]3O[C@H](CO)[C@@H](O)[C@H](O)[C@H]3O)c3cc(Cl)ccc23)cc1. The molecule has 7 nitrogen and oxygen atoms in total. The zero-order chi connectivity index (χ0) is 21.4. The van der Waals surface area contributed by atoms with Gasteiger partial charge in [-0.05, 0) is 35.2 Å². The zero-order valence-corrected chi connectivity index (χ0v) is 16.9. The molecule has 160 valence electrons. The third-order valence-corrected chi connectivity index (χ3v) is 5.86. The average Bonchev–Trinajstić information content (AvgIpc) is 3.10. The molecule has 5 N–H and O–H groups in total. The lowest BCUT2D eigenvalue weighted by molar-refractivity contribution is -0.250. The summed E-state index contributed by atoms with van der Waals surface area (Å²) >= 11 is 6.21. The predicted molar refractivity (Wildman–Crippen MR) is 111 cm³/mol. The minimum absolute atomic E-state index is 0.0187. The number of aromatic nitrogens is 1. The van der Waals surface area contributed by atoms with Gasteiger partial charge < -0.3 is 34.8 Å². The monoisotopic (exact) mass is 433 g/mol. The van der Waals surface area contributed by atoms with Gasteiger partial charge in [-0.15, -0.1) is 0 Å². The fourth-order valence-corrected chi connectivity index (χ4v) is 4.11. The predicted octanol–water partition coefficient (Wildman–Crippen LogP) is 1.35. The highest BCUT2D eigenvalue weighted by atomic mass is 35.5. The van der Waals surface area contributed by atoms with Gasteiger partial charge in [0.15, 0.2) is 6.23 Å². The lowest BCUT2D eigenvalue weighted by Crippen LogP contribution is -2.56. The maximum absolute atomic E-state index is 10.6. The molecule has 1 saturated heterocycles. The van der Waals surface area contributed by atoms with Gasteiger partial charge in [-0.1, -0.05) is 41.9 Å². The zero-order valence-electron chi connectivity index (χ0n) is 16.1. The number of halogens is 1. The fraction of sp³-hybridized carbons (Fsp3) is 0.364. The summed E-state index contributed by atoms with van der Waals surface area (Å²) in [5.41, 5.74) is 3.52. The molecular weight excluding hydrogens is 410 g/mol. The smallest absolute Gasteiger partial charge is 0.163 e. The average molecular weight is 434 g/mol. The van der Waals surface area contributed by atoms with Gasteiger partial charge in [-0.3, -0.25) is 0 Å². The van der Waals surface area contributed by atoms with Crippen LogP contribution in [0.2, 0.25) is 5.02 Å². The Balaban J connectivity index is 1.75. The Morgan fingerprint density at radius 1 is 0.900 bits per heavy atom. The van der Waals surface area contributed by atoms with Crippen LogP contribution in [-0.2, 0) is 17.8 Å². The van der Waals surface area contributed by atoms with E-state index in [1.807, 2.05) is 36.5 Å². The summed E-state index contributed by atoms with van der Waals surface area (Å²) in [5, 5.41) is 51.0. The Morgan fingerprint density at radius 3 is 2.27 bits per heavy atom. The van der Waals surface area contributed by atoms with Gasteiger partial charge in [0.2, 0.25) is 0 Å². The van der Waals surface area contributed by atoms with Crippen LogP contribution in [0.3, 0.4) is 0 Å². The van der Waals surface area contributed by atoms with Gasteiger partial charge in [0, 0.05) is 16.6 Å². The van der Waals surface area contributed by atoms with Crippen LogP contribution in [0.5, 0.6) is 0 Å². The van der Waals surface area contributed by atoms with Crippen LogP contribution in [0.1, 0.15) is 22.9 Å². The van der Waals surface area contributed by atoms with Crippen molar-refractivity contribution in [2.24, 2.45) is 0 Å². The Hall–Kier alpha value is -1.97. The van der Waals surface area contributed by atoms with Crippen LogP contribution >= 0.6 is 11.6 Å². The third-order valence-electron chi connectivity index (χ3n) is 5.62. The van der Waals surface area contributed by atoms with Crippen LogP contribution in [0.15, 0.2) is 48.7 Å². The lowest BCUT2D eigenvalue weighted by Gasteiger charge is -2.40. The summed E-state index contributed by atoms with van der Waals surface area (Å²) in [6, 6.07) is 13.0. The van der Waals surface area contributed by atoms with E-state index in [9.17, 15) is 25.5 Å². The molecule has 3 aromatic rings. The van der Waals surface area contributed by atoms with Crippen LogP contribution in [0.4, 0.5) is 0 Å². The van der Waals surface area contributed by atoms with Gasteiger partial charge in [0.1, 0.15) is 24.4 Å². The topological polar surface area (TPSA) is 115 Å². The van der Waals surface area contributed by atoms with Crippen molar-refractivity contribution in [1.29, 1.82) is 0 Å². The summed E-state index contributed by atoms with van der Waals surface area (Å²) in [6.45, 7) is -0.513. The molecule has 0 amide bonds. The van der Waals surface area contributed by atoms with Gasteiger partial charge in [-0.25, -0.2) is 0 Å². The summed E-state index contributed by atoms with van der Waals surface area (Å²) in [6.07, 6.45) is -3.87. The summed E-state index contributed by atoms with van der Waals surface area (Å²) in [4.78, 5) is 0. The minimum atomic E-state index is -1.47. The molecular formula is C22H24ClNO6. The Morgan fingerprint density at radius 2 is 1.60 bits per heavy atom. The second-order valence-corrected chi connectivity index (χ2v) is 8.03. The Bertz CT molecular complexity index is 1020. The largest absolute Gasteiger partial charge is 0.394 e. The number of hydrogen-bond acceptors (Lipinski definition) is 6. The number of ether oxygens (including phenoxy) is 1. The first-order valence-corrected chi connectivity index (χ1v) is 10.1. The Kier molecular flexibility index (Phi) is 6.13. The van der Waals surface area contributed by atoms with E-state index in [1.54, 1.807) is 16.7 Å². The molecule has 8 heteroatoms. The van der Waals surface area contributed by atoms with Crippen LogP contribution in [-0.4, -0.2) is 61.1 Å². The van der Waals surface area contributed by atoms with E-state index in [-0.39, 0.29) is 6.61 Å². The summed E-state index contributed by atoms with van der Waals surface area (Å²) in [5.74, 6) is 0. The molecule has 30 heavy (non-hydrogen) atoms. The van der Waals surface area contributed by atoms with Crippen LogP contribution in [0.25, 0.3) is 10.9 Å². The van der Waals surface area contributed by atoms with Crippen LogP contribution < -0.4 is 0 Å². The van der Waals surface area contributed by atoms with Gasteiger partial charge in [0.25, 0.3) is 0 Å². The standard InChI is InChI=1S/C22H24ClNO6/c23-15-5-6-16-14(7-12-1-3-13(10-25)4-2-12)9-24(17(16)8-15)22-21(29)20(28)19(27)18(11-26)30-22/h1-6,8-9,18-22,25-29H,7,10-11H2/t18-,19-,20+,21-,22-/m1/s1. The first kappa shape index (κ1) is 21.3. The van der Waals surface area contributed by atoms with E-state index in [0.29, 0.717) is 17.0 Å². The molecule has 0 saturated carbocycles. The van der Waals surface area contributed by atoms with E-state index >= 15 is 0 Å². The highest BCUT2D eigenvalue weighted by Crippen LogP contribution is 2.35. The van der Waals surface area contributed by atoms with Crippen molar-refractivity contribution in [3.05, 3.63) is 70.4 Å². The number of fused-ring (bicyclic) bond motifs is 1. The molecule has 4 rings (SSSR count). The summed E-state index contributed by atoms with van der Waals surface area (Å²) in [7, 11) is 0. The summed E-state index contributed by atoms with van der Waals surface area (Å²) < 4.78 is 7.42. The molecule has 2 heterocycles. The number of aliphatic hydroxyl groups excluding tert-OH is 5. The maximum Gasteiger partial charge on any atom is 0.163 e. The molecule has 0 radical (unpaired) electrons. The quantitative estimate of drug-likeness (QED) is 0.415. The van der Waals surface area contributed by atoms with Gasteiger partial charge in [0.05, 0.1) is 18.7 Å². The minimum Gasteiger partial charge on any atom is -0.394 e. The molecule has 0 aliphatic carbocycles. The van der Waals surface area contributed by atoms with E-state index in [1.165, 1.54) is 0 Å². The van der Waals surface area contributed by atoms with Crippen molar-refractivity contribution in [3.8, 4) is 0 Å². The molecule has 5 atom stereocenters. The highest BCUT2D eigenvalue weighted by molar-refractivity contribution is 6.31. The molecule has 1 aliphatic rings. The Labute approximate surface area is 178 Å². The number of rotatable bonds is 5. The van der Waals surface area contributed by atoms with E-state index in [4.69, 9.17) is 16.3 Å². The molecule has 0 unspecified atom stereocenters. The molecule has 1 aliphatic heterocycles. The van der Waals surface area contributed by atoms with Crippen molar-refractivity contribution in [1.82, 2.24) is 4.57 Å². The van der Waals surface area contributed by atoms with Crippen molar-refractivity contribution in [2.75, 3.05) is 6.61 Å². The van der Waals surface area contributed by atoms with Crippen molar-refractivity contribution < 1.29 is 30.3 Å². The fourth-order valence-electron chi connectivity index (χ4n) is 3.94. The van der Waals surface area contributed by atoms with Gasteiger partial charge in [-0.2, -0.15) is 0 Å². The van der Waals surface area contributed by atoms with Crippen molar-refractivity contribution in [3.63, 3.8) is 0 Å². The second kappa shape index (κ2) is 8.64. The van der Waals surface area contributed by atoms with Crippen molar-refractivity contribution in [2.45, 2.75) is 43.7 Å². The normalized spacial score (nSPS) is 26.9. The second-order valence-electron chi connectivity index (χ2n) is 7.59. The van der Waals surface area contributed by atoms with E-state index < -0.39 is 37.3 Å². The number of hydrogen-bond donors (Lipinski definition) is 5. The number of aliphatic hydroxyl groups is 5.